The van der Waals surface area contributed by atoms with Gasteiger partial charge in [0.05, 0.1) is 42.5 Å². The van der Waals surface area contributed by atoms with E-state index >= 15 is 0 Å². The van der Waals surface area contributed by atoms with E-state index in [1.54, 1.807) is 17.8 Å². The fourth-order valence-corrected chi connectivity index (χ4v) is 5.18. The molecular formula is C25H30F3N3O3S. The van der Waals surface area contributed by atoms with Gasteiger partial charge in [-0.2, -0.15) is 13.2 Å². The number of hydrogen-bond acceptors (Lipinski definition) is 6. The maximum absolute atomic E-state index is 12.9. The van der Waals surface area contributed by atoms with Gasteiger partial charge in [0, 0.05) is 30.7 Å². The Balaban J connectivity index is 1.32. The summed E-state index contributed by atoms with van der Waals surface area (Å²) < 4.78 is 44.0. The number of carbonyl (C=O) groups excluding carboxylic acids is 1. The molecule has 3 heterocycles. The van der Waals surface area contributed by atoms with Crippen molar-refractivity contribution < 1.29 is 27.8 Å². The molecule has 3 atom stereocenters. The minimum Gasteiger partial charge on any atom is -0.394 e. The Bertz CT molecular complexity index is 1010. The van der Waals surface area contributed by atoms with E-state index in [0.29, 0.717) is 31.6 Å². The Morgan fingerprint density at radius 2 is 2.06 bits per heavy atom. The van der Waals surface area contributed by atoms with Gasteiger partial charge in [0.2, 0.25) is 0 Å². The molecule has 190 valence electrons. The van der Waals surface area contributed by atoms with Crippen molar-refractivity contribution in [2.24, 2.45) is 5.92 Å². The molecule has 2 aliphatic heterocycles. The minimum atomic E-state index is -4.21. The summed E-state index contributed by atoms with van der Waals surface area (Å²) in [5.41, 5.74) is 3.00. The molecule has 2 unspecified atom stereocenters. The number of carbonyl (C=O) groups is 1. The number of alkyl halides is 3. The molecule has 0 radical (unpaired) electrons. The van der Waals surface area contributed by atoms with Gasteiger partial charge >= 0.3 is 6.18 Å². The minimum absolute atomic E-state index is 0.0870. The molecule has 6 nitrogen and oxygen atoms in total. The van der Waals surface area contributed by atoms with Crippen LogP contribution in [0.25, 0.3) is 0 Å². The zero-order valence-corrected chi connectivity index (χ0v) is 20.4. The molecule has 2 N–H and O–H groups in total. The molecular weight excluding hydrogens is 479 g/mol. The van der Waals surface area contributed by atoms with E-state index in [0.717, 1.165) is 27.5 Å². The number of nitrogens with one attached hydrogen (secondary N) is 1. The van der Waals surface area contributed by atoms with Crippen molar-refractivity contribution in [2.45, 2.75) is 56.1 Å². The van der Waals surface area contributed by atoms with E-state index in [-0.39, 0.29) is 31.6 Å². The summed E-state index contributed by atoms with van der Waals surface area (Å²) in [5, 5.41) is 12.7. The first-order valence-electron chi connectivity index (χ1n) is 11.8. The topological polar surface area (TPSA) is 74.7 Å². The highest BCUT2D eigenvalue weighted by molar-refractivity contribution is 7.99. The molecule has 0 bridgehead atoms. The van der Waals surface area contributed by atoms with Crippen LogP contribution >= 0.6 is 11.8 Å². The van der Waals surface area contributed by atoms with Crippen molar-refractivity contribution >= 4 is 17.7 Å². The smallest absolute Gasteiger partial charge is 0.394 e. The van der Waals surface area contributed by atoms with Crippen molar-refractivity contribution in [3.8, 4) is 0 Å². The quantitative estimate of drug-likeness (QED) is 0.516. The highest BCUT2D eigenvalue weighted by atomic mass is 32.2. The molecule has 10 heteroatoms. The lowest BCUT2D eigenvalue weighted by atomic mass is 9.98. The monoisotopic (exact) mass is 509 g/mol. The Labute approximate surface area is 207 Å². The van der Waals surface area contributed by atoms with Crippen LogP contribution in [0.3, 0.4) is 0 Å². The predicted octanol–water partition coefficient (Wildman–Crippen LogP) is 4.33. The third kappa shape index (κ3) is 6.55. The summed E-state index contributed by atoms with van der Waals surface area (Å²) in [7, 11) is 0. The number of aliphatic hydroxyl groups excluding tert-OH is 1. The zero-order valence-electron chi connectivity index (χ0n) is 19.6. The number of rotatable bonds is 8. The van der Waals surface area contributed by atoms with Gasteiger partial charge in [-0.25, -0.2) is 0 Å². The van der Waals surface area contributed by atoms with Crippen LogP contribution in [0.5, 0.6) is 0 Å². The molecule has 0 aliphatic carbocycles. The van der Waals surface area contributed by atoms with Crippen molar-refractivity contribution in [3.63, 3.8) is 0 Å². The number of benzene rings is 1. The maximum atomic E-state index is 12.9. The number of hydrogen-bond donors (Lipinski definition) is 2. The number of amides is 1. The largest absolute Gasteiger partial charge is 0.394 e. The highest BCUT2D eigenvalue weighted by Gasteiger charge is 2.42. The molecule has 1 fully saturated rings. The summed E-state index contributed by atoms with van der Waals surface area (Å²) in [6.45, 7) is 3.22. The second kappa shape index (κ2) is 11.3. The van der Waals surface area contributed by atoms with E-state index in [2.05, 4.69) is 22.1 Å². The lowest BCUT2D eigenvalue weighted by Crippen LogP contribution is -2.39. The molecule has 35 heavy (non-hydrogen) atoms. The van der Waals surface area contributed by atoms with Crippen molar-refractivity contribution in [2.75, 3.05) is 25.5 Å². The van der Waals surface area contributed by atoms with Gasteiger partial charge in [-0.1, -0.05) is 19.1 Å². The number of aliphatic hydroxyl groups is 1. The summed E-state index contributed by atoms with van der Waals surface area (Å²) in [4.78, 5) is 20.5. The Hall–Kier alpha value is -2.14. The number of ether oxygens (including phenoxy) is 1. The third-order valence-corrected chi connectivity index (χ3v) is 7.36. The van der Waals surface area contributed by atoms with Crippen LogP contribution in [-0.4, -0.2) is 58.7 Å². The Kier molecular flexibility index (Phi) is 8.36. The molecule has 0 saturated carbocycles. The van der Waals surface area contributed by atoms with Gasteiger partial charge in [-0.3, -0.25) is 14.7 Å². The lowest BCUT2D eigenvalue weighted by molar-refractivity contribution is -0.208. The molecule has 4 rings (SSSR count). The summed E-state index contributed by atoms with van der Waals surface area (Å²) in [6, 6.07) is 9.03. The average molecular weight is 510 g/mol. The molecule has 1 aromatic heterocycles. The highest BCUT2D eigenvalue weighted by Crippen LogP contribution is 2.34. The second-order valence-corrected chi connectivity index (χ2v) is 10.3. The van der Waals surface area contributed by atoms with Gasteiger partial charge in [-0.15, -0.1) is 11.8 Å². The molecule has 1 amide bonds. The molecule has 1 saturated heterocycles. The number of nitrogens with zero attached hydrogens (tertiary/aromatic N) is 2. The van der Waals surface area contributed by atoms with E-state index < -0.39 is 18.1 Å². The summed E-state index contributed by atoms with van der Waals surface area (Å²) >= 11 is 1.72. The van der Waals surface area contributed by atoms with Gasteiger partial charge < -0.3 is 15.2 Å². The first-order chi connectivity index (χ1) is 16.8. The van der Waals surface area contributed by atoms with Crippen LogP contribution < -0.4 is 5.32 Å². The molecule has 2 aromatic rings. The van der Waals surface area contributed by atoms with Crippen LogP contribution in [0.4, 0.5) is 13.2 Å². The number of fused-ring (bicyclic) bond motifs is 1. The SMILES string of the molecule is CCSc1ccc([C@H](CO)NC(=O)c2cnc3c(c2)CN(CC2CCC(C(F)(F)F)CO2)C3)cc1. The number of aromatic nitrogens is 1. The van der Waals surface area contributed by atoms with E-state index in [9.17, 15) is 23.1 Å². The Morgan fingerprint density at radius 1 is 1.29 bits per heavy atom. The third-order valence-electron chi connectivity index (χ3n) is 6.47. The summed E-state index contributed by atoms with van der Waals surface area (Å²) in [6.07, 6.45) is -2.46. The van der Waals surface area contributed by atoms with Crippen LogP contribution in [0.15, 0.2) is 41.4 Å². The number of halogens is 3. The zero-order chi connectivity index (χ0) is 25.0. The first kappa shape index (κ1) is 25.9. The fraction of sp³-hybridized carbons (Fsp3) is 0.520. The van der Waals surface area contributed by atoms with Crippen molar-refractivity contribution in [1.82, 2.24) is 15.2 Å². The molecule has 0 spiro atoms. The van der Waals surface area contributed by atoms with Crippen molar-refractivity contribution in [3.05, 3.63) is 58.9 Å². The van der Waals surface area contributed by atoms with E-state index in [1.807, 2.05) is 24.3 Å². The molecule has 1 aromatic carbocycles. The maximum Gasteiger partial charge on any atom is 0.394 e. The van der Waals surface area contributed by atoms with Gasteiger partial charge in [0.25, 0.3) is 5.91 Å². The van der Waals surface area contributed by atoms with Gasteiger partial charge in [0.1, 0.15) is 0 Å². The van der Waals surface area contributed by atoms with Crippen LogP contribution in [0.2, 0.25) is 0 Å². The molecule has 2 aliphatic rings. The summed E-state index contributed by atoms with van der Waals surface area (Å²) in [5.74, 6) is -0.735. The van der Waals surface area contributed by atoms with Gasteiger partial charge in [-0.05, 0) is 47.9 Å². The average Bonchev–Trinajstić information content (AvgIpc) is 3.24. The predicted molar refractivity (Wildman–Crippen MR) is 127 cm³/mol. The number of pyridine rings is 1. The fourth-order valence-electron chi connectivity index (χ4n) is 4.51. The van der Waals surface area contributed by atoms with Crippen LogP contribution in [0, 0.1) is 5.92 Å². The van der Waals surface area contributed by atoms with Crippen molar-refractivity contribution in [1.29, 1.82) is 0 Å². The van der Waals surface area contributed by atoms with Gasteiger partial charge in [0.15, 0.2) is 0 Å². The van der Waals surface area contributed by atoms with Crippen LogP contribution in [0.1, 0.15) is 53.0 Å². The Morgan fingerprint density at radius 3 is 2.69 bits per heavy atom. The van der Waals surface area contributed by atoms with E-state index in [1.165, 1.54) is 6.20 Å². The standard InChI is InChI=1S/C25H30F3N3O3S/c1-2-35-21-7-3-16(4-8-21)23(14-32)30-24(33)17-9-18-11-31(13-22(18)29-10-17)12-20-6-5-19(15-34-20)25(26,27)28/h3-4,7-10,19-20,23,32H,2,5-6,11-15H2,1H3,(H,30,33)/t19?,20?,23-/m0/s1. The normalized spacial score (nSPS) is 21.5. The van der Waals surface area contributed by atoms with E-state index in [4.69, 9.17) is 4.74 Å². The number of thioether (sulfide) groups is 1. The van der Waals surface area contributed by atoms with Crippen LogP contribution in [-0.2, 0) is 17.8 Å². The first-order valence-corrected chi connectivity index (χ1v) is 12.8. The second-order valence-electron chi connectivity index (χ2n) is 8.98. The lowest BCUT2D eigenvalue weighted by Gasteiger charge is -2.32.